The largest absolute Gasteiger partial charge is 0.391 e. The molecule has 74 valence electrons. The maximum Gasteiger partial charge on any atom is 0.391 e. The molecule has 3 heteroatoms. The third-order valence-corrected chi connectivity index (χ3v) is 2.38. The molecule has 0 aliphatic carbocycles. The Kier molecular flexibility index (Phi) is 4.64. The first-order valence-corrected chi connectivity index (χ1v) is 4.46. The first kappa shape index (κ1) is 11.8. The van der Waals surface area contributed by atoms with Gasteiger partial charge < -0.3 is 0 Å². The summed E-state index contributed by atoms with van der Waals surface area (Å²) in [7, 11) is 0. The topological polar surface area (TPSA) is 0 Å². The van der Waals surface area contributed by atoms with Gasteiger partial charge in [0.25, 0.3) is 0 Å². The van der Waals surface area contributed by atoms with E-state index in [1.807, 2.05) is 6.92 Å². The molecule has 0 aliphatic heterocycles. The lowest BCUT2D eigenvalue weighted by Crippen LogP contribution is -2.26. The standard InChI is InChI=1S/C9H17F3/c1-4-5-6-7(2)8(3)9(10,11)12/h7-8H,4-6H2,1-3H3. The van der Waals surface area contributed by atoms with E-state index in [-0.39, 0.29) is 5.92 Å². The molecule has 12 heavy (non-hydrogen) atoms. The molecular formula is C9H17F3. The van der Waals surface area contributed by atoms with E-state index in [0.717, 1.165) is 12.8 Å². The molecule has 0 saturated heterocycles. The highest BCUT2D eigenvalue weighted by molar-refractivity contribution is 4.68. The Morgan fingerprint density at radius 2 is 1.67 bits per heavy atom. The number of hydrogen-bond acceptors (Lipinski definition) is 0. The van der Waals surface area contributed by atoms with Gasteiger partial charge in [0.05, 0.1) is 5.92 Å². The van der Waals surface area contributed by atoms with E-state index in [0.29, 0.717) is 6.42 Å². The third-order valence-electron chi connectivity index (χ3n) is 2.38. The molecule has 0 N–H and O–H groups in total. The molecule has 0 rings (SSSR count). The maximum absolute atomic E-state index is 12.1. The van der Waals surface area contributed by atoms with E-state index in [1.54, 1.807) is 6.92 Å². The molecule has 0 aromatic heterocycles. The predicted molar refractivity (Wildman–Crippen MR) is 43.9 cm³/mol. The minimum absolute atomic E-state index is 0.245. The normalized spacial score (nSPS) is 17.5. The number of halogens is 3. The van der Waals surface area contributed by atoms with Gasteiger partial charge in [-0.3, -0.25) is 0 Å². The van der Waals surface area contributed by atoms with Gasteiger partial charge >= 0.3 is 6.18 Å². The smallest absolute Gasteiger partial charge is 0.171 e. The maximum atomic E-state index is 12.1. The lowest BCUT2D eigenvalue weighted by molar-refractivity contribution is -0.182. The van der Waals surface area contributed by atoms with Crippen molar-refractivity contribution < 1.29 is 13.2 Å². The van der Waals surface area contributed by atoms with Crippen molar-refractivity contribution in [3.8, 4) is 0 Å². The van der Waals surface area contributed by atoms with Crippen molar-refractivity contribution in [3.63, 3.8) is 0 Å². The second kappa shape index (κ2) is 4.73. The molecule has 0 aromatic rings. The number of rotatable bonds is 4. The van der Waals surface area contributed by atoms with Crippen LogP contribution in [0.25, 0.3) is 0 Å². The van der Waals surface area contributed by atoms with Gasteiger partial charge in [0, 0.05) is 0 Å². The Morgan fingerprint density at radius 1 is 1.17 bits per heavy atom. The number of hydrogen-bond donors (Lipinski definition) is 0. The lowest BCUT2D eigenvalue weighted by atomic mass is 9.91. The molecule has 0 saturated carbocycles. The van der Waals surface area contributed by atoms with Crippen LogP contribution >= 0.6 is 0 Å². The Bertz CT molecular complexity index is 117. The summed E-state index contributed by atoms with van der Waals surface area (Å²) >= 11 is 0. The average molecular weight is 182 g/mol. The lowest BCUT2D eigenvalue weighted by Gasteiger charge is -2.22. The van der Waals surface area contributed by atoms with Crippen LogP contribution in [-0.4, -0.2) is 6.18 Å². The van der Waals surface area contributed by atoms with Crippen LogP contribution < -0.4 is 0 Å². The first-order valence-electron chi connectivity index (χ1n) is 4.46. The molecule has 0 bridgehead atoms. The Balaban J connectivity index is 3.84. The number of unbranched alkanes of at least 4 members (excludes halogenated alkanes) is 1. The molecule has 0 aromatic carbocycles. The fraction of sp³-hybridized carbons (Fsp3) is 1.00. The van der Waals surface area contributed by atoms with E-state index in [2.05, 4.69) is 0 Å². The van der Waals surface area contributed by atoms with Crippen molar-refractivity contribution in [1.82, 2.24) is 0 Å². The zero-order valence-corrected chi connectivity index (χ0v) is 7.91. The van der Waals surface area contributed by atoms with E-state index in [9.17, 15) is 13.2 Å². The molecular weight excluding hydrogens is 165 g/mol. The quantitative estimate of drug-likeness (QED) is 0.616. The van der Waals surface area contributed by atoms with Gasteiger partial charge in [-0.1, -0.05) is 40.0 Å². The van der Waals surface area contributed by atoms with Gasteiger partial charge in [-0.15, -0.1) is 0 Å². The number of alkyl halides is 3. The van der Waals surface area contributed by atoms with Crippen LogP contribution in [-0.2, 0) is 0 Å². The van der Waals surface area contributed by atoms with Crippen molar-refractivity contribution in [2.75, 3.05) is 0 Å². The molecule has 0 spiro atoms. The van der Waals surface area contributed by atoms with E-state index in [4.69, 9.17) is 0 Å². The molecule has 0 heterocycles. The van der Waals surface area contributed by atoms with Gasteiger partial charge in [0.2, 0.25) is 0 Å². The highest BCUT2D eigenvalue weighted by Crippen LogP contribution is 2.33. The summed E-state index contributed by atoms with van der Waals surface area (Å²) in [6.07, 6.45) is -1.49. The van der Waals surface area contributed by atoms with Crippen LogP contribution in [0.3, 0.4) is 0 Å². The minimum atomic E-state index is -4.02. The van der Waals surface area contributed by atoms with Gasteiger partial charge in [-0.2, -0.15) is 13.2 Å². The zero-order chi connectivity index (χ0) is 9.78. The average Bonchev–Trinajstić information content (AvgIpc) is 1.97. The van der Waals surface area contributed by atoms with Crippen LogP contribution in [0.15, 0.2) is 0 Å². The molecule has 0 nitrogen and oxygen atoms in total. The van der Waals surface area contributed by atoms with Crippen LogP contribution in [0.5, 0.6) is 0 Å². The molecule has 2 atom stereocenters. The summed E-state index contributed by atoms with van der Waals surface area (Å²) in [4.78, 5) is 0. The monoisotopic (exact) mass is 182 g/mol. The minimum Gasteiger partial charge on any atom is -0.171 e. The van der Waals surface area contributed by atoms with Crippen LogP contribution in [0, 0.1) is 11.8 Å². The summed E-state index contributed by atoms with van der Waals surface area (Å²) < 4.78 is 36.4. The van der Waals surface area contributed by atoms with Crippen molar-refractivity contribution in [2.24, 2.45) is 11.8 Å². The third kappa shape index (κ3) is 3.98. The van der Waals surface area contributed by atoms with Crippen molar-refractivity contribution in [2.45, 2.75) is 46.2 Å². The van der Waals surface area contributed by atoms with Crippen molar-refractivity contribution >= 4 is 0 Å². The van der Waals surface area contributed by atoms with Gasteiger partial charge in [-0.05, 0) is 5.92 Å². The van der Waals surface area contributed by atoms with Crippen molar-refractivity contribution in [3.05, 3.63) is 0 Å². The summed E-state index contributed by atoms with van der Waals surface area (Å²) in [6, 6.07) is 0. The van der Waals surface area contributed by atoms with Crippen LogP contribution in [0.1, 0.15) is 40.0 Å². The highest BCUT2D eigenvalue weighted by Gasteiger charge is 2.38. The summed E-state index contributed by atoms with van der Waals surface area (Å²) in [5.41, 5.74) is 0. The summed E-state index contributed by atoms with van der Waals surface area (Å²) in [6.45, 7) is 4.93. The fourth-order valence-electron chi connectivity index (χ4n) is 1.10. The Hall–Kier alpha value is -0.210. The SMILES string of the molecule is CCCCC(C)C(C)C(F)(F)F. The summed E-state index contributed by atoms with van der Waals surface area (Å²) in [5.74, 6) is -1.41. The van der Waals surface area contributed by atoms with Crippen molar-refractivity contribution in [1.29, 1.82) is 0 Å². The van der Waals surface area contributed by atoms with E-state index < -0.39 is 12.1 Å². The van der Waals surface area contributed by atoms with Gasteiger partial charge in [-0.25, -0.2) is 0 Å². The zero-order valence-electron chi connectivity index (χ0n) is 7.91. The second-order valence-corrected chi connectivity index (χ2v) is 3.45. The highest BCUT2D eigenvalue weighted by atomic mass is 19.4. The summed E-state index contributed by atoms with van der Waals surface area (Å²) in [5, 5.41) is 0. The van der Waals surface area contributed by atoms with Crippen LogP contribution in [0.2, 0.25) is 0 Å². The molecule has 0 aliphatic rings. The molecule has 0 fully saturated rings. The van der Waals surface area contributed by atoms with Gasteiger partial charge in [0.15, 0.2) is 0 Å². The predicted octanol–water partition coefficient (Wildman–Crippen LogP) is 4.01. The second-order valence-electron chi connectivity index (χ2n) is 3.45. The van der Waals surface area contributed by atoms with E-state index in [1.165, 1.54) is 6.92 Å². The Morgan fingerprint density at radius 3 is 2.00 bits per heavy atom. The Labute approximate surface area is 72.2 Å². The van der Waals surface area contributed by atoms with Gasteiger partial charge in [0.1, 0.15) is 0 Å². The molecule has 2 unspecified atom stereocenters. The molecule has 0 amide bonds. The fourth-order valence-corrected chi connectivity index (χ4v) is 1.10. The van der Waals surface area contributed by atoms with E-state index >= 15 is 0 Å². The van der Waals surface area contributed by atoms with Crippen LogP contribution in [0.4, 0.5) is 13.2 Å². The first-order chi connectivity index (χ1) is 5.39. The molecule has 0 radical (unpaired) electrons.